The van der Waals surface area contributed by atoms with E-state index in [1.54, 1.807) is 47.1 Å². The van der Waals surface area contributed by atoms with Gasteiger partial charge >= 0.3 is 30.5 Å². The molecule has 6 aromatic heterocycles. The average Bonchev–Trinajstić information content (AvgIpc) is 1.61. The van der Waals surface area contributed by atoms with Crippen molar-refractivity contribution < 1.29 is 66.8 Å². The highest BCUT2D eigenvalue weighted by molar-refractivity contribution is 7.08. The molecule has 0 aliphatic carbocycles. The van der Waals surface area contributed by atoms with E-state index in [0.717, 1.165) is 218 Å². The van der Waals surface area contributed by atoms with E-state index < -0.39 is 0 Å². The minimum atomic E-state index is -0.371. The molecule has 0 bridgehead atoms. The van der Waals surface area contributed by atoms with Gasteiger partial charge in [0, 0.05) is 204 Å². The van der Waals surface area contributed by atoms with Crippen LogP contribution in [0.4, 0.5) is 24.0 Å². The van der Waals surface area contributed by atoms with Crippen molar-refractivity contribution in [3.05, 3.63) is 301 Å². The largest absolute Gasteiger partial charge is 0.450 e. The Balaban J connectivity index is 0.000000127. The van der Waals surface area contributed by atoms with Crippen molar-refractivity contribution in [2.24, 2.45) is 0 Å². The minimum Gasteiger partial charge on any atom is -0.450 e. The van der Waals surface area contributed by atoms with E-state index in [-0.39, 0.29) is 78.4 Å². The highest BCUT2D eigenvalue weighted by Crippen LogP contribution is 2.46. The fourth-order valence-electron chi connectivity index (χ4n) is 21.2. The molecule has 2 fully saturated rings. The maximum absolute atomic E-state index is 12.9. The number of rotatable bonds is 22. The van der Waals surface area contributed by atoms with Crippen molar-refractivity contribution in [2.45, 2.75) is 149 Å². The number of halogens is 5. The fourth-order valence-corrected chi connectivity index (χ4v) is 22.8. The van der Waals surface area contributed by atoms with E-state index in [0.29, 0.717) is 126 Å². The van der Waals surface area contributed by atoms with Gasteiger partial charge in [-0.15, -0.1) is 0 Å². The van der Waals surface area contributed by atoms with Gasteiger partial charge in [0.15, 0.2) is 0 Å². The van der Waals surface area contributed by atoms with E-state index in [9.17, 15) is 38.4 Å². The summed E-state index contributed by atoms with van der Waals surface area (Å²) in [6, 6.07) is 55.7. The van der Waals surface area contributed by atoms with Gasteiger partial charge in [-0.1, -0.05) is 126 Å². The topological polar surface area (TPSA) is 318 Å². The lowest BCUT2D eigenvalue weighted by atomic mass is 9.92. The number of fused-ring (bicyclic) bond motifs is 15. The number of aryl methyl sites for hydroxylation is 1. The highest BCUT2D eigenvalue weighted by atomic mass is 35.5. The van der Waals surface area contributed by atoms with E-state index in [1.807, 2.05) is 179 Å². The number of aromatic amines is 5. The Morgan fingerprint density at radius 3 is 1.10 bits per heavy atom. The summed E-state index contributed by atoms with van der Waals surface area (Å²) in [5.41, 5.74) is 21.7. The quantitative estimate of drug-likeness (QED) is 0.0245. The van der Waals surface area contributed by atoms with Gasteiger partial charge in [0.25, 0.3) is 11.8 Å². The number of carbonyl (C=O) groups excluding carboxylic acids is 8. The lowest BCUT2D eigenvalue weighted by molar-refractivity contribution is -0.127. The molecule has 5 unspecified atom stereocenters. The van der Waals surface area contributed by atoms with Crippen molar-refractivity contribution in [1.29, 1.82) is 0 Å². The Morgan fingerprint density at radius 1 is 0.384 bits per heavy atom. The summed E-state index contributed by atoms with van der Waals surface area (Å²) in [7, 11) is 0. The molecule has 7 aliphatic heterocycles. The number of amides is 8. The molecule has 7 aliphatic rings. The van der Waals surface area contributed by atoms with Crippen molar-refractivity contribution >= 4 is 172 Å². The van der Waals surface area contributed by atoms with Crippen LogP contribution in [0.5, 0.6) is 0 Å². The van der Waals surface area contributed by atoms with E-state index in [2.05, 4.69) is 83.1 Å². The van der Waals surface area contributed by atoms with Crippen molar-refractivity contribution in [1.82, 2.24) is 69.9 Å². The monoisotopic (exact) mass is 2090 g/mol. The van der Waals surface area contributed by atoms with Gasteiger partial charge in [-0.2, -0.15) is 11.3 Å². The Morgan fingerprint density at radius 2 is 0.740 bits per heavy atom. The Labute approximate surface area is 877 Å². The second-order valence-corrected chi connectivity index (χ2v) is 39.9. The molecule has 2 saturated heterocycles. The SMILES string of the molecule is CCCC1c2[nH]c3ccc(Cl)cc3c2CCN1C(=O)OCC.CCOC(=O)N1CCc2c([nH]c3ccc(Cl)cc23)C1CCc1ccccc1.CCOC(=O)N1CCc2c([nH]c3ccc(Cl)cc23)C1c1ccc(C(=O)NCCCN2CCCC2=O)cc1.CCOC(=O)N1CCc2c([nH]c3ccc(Cl)cc23)C1c1ccc(C(=O)NCCN2CCOCC2)cc1.CCOC(=O)N1CCc2c([nH]c3ccc(Cl)cc23)C1c1ccsc1. The van der Waals surface area contributed by atoms with Gasteiger partial charge in [0.05, 0.1) is 58.3 Å². The average molecular weight is 2100 g/mol. The number of carbonyl (C=O) groups is 8. The van der Waals surface area contributed by atoms with Crippen LogP contribution in [0.25, 0.3) is 54.5 Å². The zero-order chi connectivity index (χ0) is 102. The van der Waals surface area contributed by atoms with Gasteiger partial charge in [-0.25, -0.2) is 24.0 Å². The van der Waals surface area contributed by atoms with Crippen LogP contribution in [-0.2, 0) is 71.7 Å². The Hall–Kier alpha value is -12.7. The van der Waals surface area contributed by atoms with Crippen molar-refractivity contribution in [3.8, 4) is 0 Å². The number of nitrogens with zero attached hydrogens (tertiary/aromatic N) is 7. The van der Waals surface area contributed by atoms with Gasteiger partial charge in [-0.3, -0.25) is 43.8 Å². The fraction of sp³-hybridized carbons (Fsp3) is 0.375. The summed E-state index contributed by atoms with van der Waals surface area (Å²) in [5, 5.41) is 19.2. The molecular weight excluding hydrogens is 1970 g/mol. The molecule has 0 saturated carbocycles. The van der Waals surface area contributed by atoms with Gasteiger partial charge in [0.1, 0.15) is 18.1 Å². The second kappa shape index (κ2) is 48.7. The lowest BCUT2D eigenvalue weighted by Gasteiger charge is -2.35. The van der Waals surface area contributed by atoms with Crippen LogP contribution >= 0.6 is 69.3 Å². The van der Waals surface area contributed by atoms with Crippen LogP contribution in [0.3, 0.4) is 0 Å². The molecule has 5 atom stereocenters. The summed E-state index contributed by atoms with van der Waals surface area (Å²) in [6.07, 6.45) is 8.31. The lowest BCUT2D eigenvalue weighted by Crippen LogP contribution is -2.41. The zero-order valence-corrected chi connectivity index (χ0v) is 87.4. The molecule has 8 aromatic carbocycles. The smallest absolute Gasteiger partial charge is 0.410 e. The first-order valence-corrected chi connectivity index (χ1v) is 53.4. The third-order valence-corrected chi connectivity index (χ3v) is 29.9. The molecule has 21 rings (SSSR count). The molecular formula is C112H123Cl5N14O14S. The van der Waals surface area contributed by atoms with Crippen molar-refractivity contribution in [2.75, 3.05) is 125 Å². The summed E-state index contributed by atoms with van der Waals surface area (Å²) < 4.78 is 31.9. The molecule has 28 nitrogen and oxygen atoms in total. The number of H-pyrrole nitrogens is 5. The second-order valence-electron chi connectivity index (χ2n) is 36.9. The molecule has 34 heteroatoms. The van der Waals surface area contributed by atoms with Gasteiger partial charge < -0.3 is 68.9 Å². The predicted octanol–water partition coefficient (Wildman–Crippen LogP) is 23.8. The third kappa shape index (κ3) is 23.8. The molecule has 13 heterocycles. The number of morpholine rings is 1. The first-order chi connectivity index (χ1) is 71.0. The predicted molar refractivity (Wildman–Crippen MR) is 574 cm³/mol. The van der Waals surface area contributed by atoms with Gasteiger partial charge in [0.2, 0.25) is 5.91 Å². The van der Waals surface area contributed by atoms with Crippen LogP contribution in [0, 0.1) is 0 Å². The summed E-state index contributed by atoms with van der Waals surface area (Å²) >= 11 is 32.7. The molecule has 14 aromatic rings. The molecule has 7 N–H and O–H groups in total. The summed E-state index contributed by atoms with van der Waals surface area (Å²) in [5.74, 6) is -0.0736. The van der Waals surface area contributed by atoms with E-state index in [4.69, 9.17) is 86.4 Å². The number of ether oxygens (including phenoxy) is 6. The van der Waals surface area contributed by atoms with Crippen LogP contribution in [-0.4, -0.2) is 232 Å². The number of aromatic nitrogens is 5. The maximum atomic E-state index is 12.9. The van der Waals surface area contributed by atoms with Crippen LogP contribution < -0.4 is 10.6 Å². The Bertz CT molecular complexity index is 6980. The number of nitrogens with one attached hydrogen (secondary N) is 7. The third-order valence-electron chi connectivity index (χ3n) is 28.0. The van der Waals surface area contributed by atoms with Crippen molar-refractivity contribution in [3.63, 3.8) is 0 Å². The van der Waals surface area contributed by atoms with Crippen LogP contribution in [0.1, 0.15) is 210 Å². The van der Waals surface area contributed by atoms with Crippen LogP contribution in [0.2, 0.25) is 25.1 Å². The Kier molecular flexibility index (Phi) is 34.9. The number of hydrogen-bond acceptors (Lipinski definition) is 16. The first kappa shape index (κ1) is 105. The summed E-state index contributed by atoms with van der Waals surface area (Å²) in [6.45, 7) is 22.7. The highest BCUT2D eigenvalue weighted by Gasteiger charge is 2.42. The molecule has 8 amide bonds. The van der Waals surface area contributed by atoms with Crippen LogP contribution in [0.15, 0.2) is 187 Å². The van der Waals surface area contributed by atoms with E-state index in [1.165, 1.54) is 27.6 Å². The zero-order valence-electron chi connectivity index (χ0n) is 82.8. The molecule has 766 valence electrons. The summed E-state index contributed by atoms with van der Waals surface area (Å²) in [4.78, 5) is 131. The first-order valence-electron chi connectivity index (χ1n) is 50.6. The molecule has 146 heavy (non-hydrogen) atoms. The molecule has 0 spiro atoms. The standard InChI is InChI=1S/C28H31ClN4O4.C27H31ClN4O4.C22H23ClN2O2.C18H17ClN2O2S.C17H21ClN2O2/c1-2-37-28(36)33-16-12-21-22-17-20(29)10-11-23(22)31-25(21)26(33)18-6-8-19(9-7-18)27(35)30-13-4-15-32-14-3-5-24(32)34;1-2-36-27(34)32-11-9-21-22-17-20(28)7-8-23(22)30-24(21)25(32)18-3-5-19(6-4-18)26(33)29-10-12-31-13-15-35-16-14-31;1-2-27-22(26)25-13-12-17-18-14-16(23)9-10-19(18)24-21(17)20(25)11-8-15-6-4-3-5-7-15;1-2-23-18(22)21-7-5-13-14-9-12(19)3-4-15(14)20-16(13)17(21)11-6-8-24-10-11;1-3-5-15-16-12(8-9-20(15)17(21)22-4-2)13-10-11(18)6-7-14(13)19-16/h6-11,17,26,31H,2-5,12-16H2,1H3,(H,30,35);3-8,17,25,30H,2,9-16H2,1H3,(H,29,33);3-7,9-10,14,20,24H,2,8,11-13H2,1H3;3-4,6,8-10,17,20H,2,5,7H2,1H3;6-7,10,15,19H,3-5,8-9H2,1-2H3. The number of hydrogen-bond donors (Lipinski definition) is 7. The normalized spacial score (nSPS) is 17.3. The number of benzene rings is 8. The molecule has 0 radical (unpaired) electrons. The minimum absolute atomic E-state index is 0.0285. The number of likely N-dealkylation sites (tertiary alicyclic amines) is 1. The number of thiophene rings is 1. The van der Waals surface area contributed by atoms with E-state index >= 15 is 0 Å². The van der Waals surface area contributed by atoms with Gasteiger partial charge in [-0.05, 0) is 281 Å². The maximum Gasteiger partial charge on any atom is 0.410 e.